The molecule has 7 nitrogen and oxygen atoms in total. The first-order valence-corrected chi connectivity index (χ1v) is 15.8. The van der Waals surface area contributed by atoms with Crippen LogP contribution in [0.1, 0.15) is 90.2 Å². The lowest BCUT2D eigenvalue weighted by molar-refractivity contribution is -0.130. The van der Waals surface area contributed by atoms with Crippen molar-refractivity contribution in [3.63, 3.8) is 0 Å². The molecule has 42 heavy (non-hydrogen) atoms. The summed E-state index contributed by atoms with van der Waals surface area (Å²) in [6.07, 6.45) is 5.03. The molecule has 10 heteroatoms. The second kappa shape index (κ2) is 13.8. The van der Waals surface area contributed by atoms with Crippen LogP contribution in [0.2, 0.25) is 0 Å². The fourth-order valence-electron chi connectivity index (χ4n) is 8.10. The molecule has 236 valence electrons. The number of carbonyl (C=O) groups excluding carboxylic acids is 2. The zero-order valence-corrected chi connectivity index (χ0v) is 26.2. The summed E-state index contributed by atoms with van der Waals surface area (Å²) in [5.41, 5.74) is 0.913. The summed E-state index contributed by atoms with van der Waals surface area (Å²) >= 11 is 0. The maximum Gasteiger partial charge on any atom is 0.320 e. The summed E-state index contributed by atoms with van der Waals surface area (Å²) in [6, 6.07) is 11.0. The topological polar surface area (TPSA) is 65.1 Å². The number of piperidine rings is 1. The first-order chi connectivity index (χ1) is 19.6. The van der Waals surface area contributed by atoms with Gasteiger partial charge in [0.25, 0.3) is 0 Å². The standard InChI is InChI=1S/C32H48F2N4O3.ClH/c1-4-41-19-18-36-22-31(38(23(2)3)30(36)40)20-26-10-11-27(21-31)37(26)17-14-28(24-8-6-5-7-9-24)35-29(39)25-12-15-32(33,34)16-13-25;/h5-9,23,25-28H,4,10-22H2,1-3H3,(H,35,39);1H/t26?,27?,28-,31?;/m0./s1. The minimum atomic E-state index is -2.64. The Hall–Kier alpha value is -1.97. The molecule has 1 aromatic rings. The molecule has 2 unspecified atom stereocenters. The Kier molecular flexibility index (Phi) is 10.8. The van der Waals surface area contributed by atoms with E-state index in [2.05, 4.69) is 29.0 Å². The third-order valence-corrected chi connectivity index (χ3v) is 9.98. The van der Waals surface area contributed by atoms with Crippen molar-refractivity contribution >= 4 is 24.3 Å². The van der Waals surface area contributed by atoms with Crippen molar-refractivity contribution in [3.05, 3.63) is 35.9 Å². The number of halogens is 3. The smallest absolute Gasteiger partial charge is 0.320 e. The molecular weight excluding hydrogens is 562 g/mol. The van der Waals surface area contributed by atoms with E-state index in [1.54, 1.807) is 0 Å². The molecule has 1 aromatic carbocycles. The predicted octanol–water partition coefficient (Wildman–Crippen LogP) is 6.03. The second-order valence-electron chi connectivity index (χ2n) is 13.0. The van der Waals surface area contributed by atoms with Crippen molar-refractivity contribution in [3.8, 4) is 0 Å². The number of urea groups is 1. The van der Waals surface area contributed by atoms with Gasteiger partial charge in [-0.1, -0.05) is 30.3 Å². The molecule has 3 aliphatic heterocycles. The van der Waals surface area contributed by atoms with Gasteiger partial charge in [-0.2, -0.15) is 0 Å². The zero-order chi connectivity index (χ0) is 29.2. The Bertz CT molecular complexity index is 1040. The maximum atomic E-state index is 13.7. The zero-order valence-electron chi connectivity index (χ0n) is 25.4. The fraction of sp³-hybridized carbons (Fsp3) is 0.750. The lowest BCUT2D eigenvalue weighted by Gasteiger charge is -2.49. The Morgan fingerprint density at radius 1 is 1.05 bits per heavy atom. The van der Waals surface area contributed by atoms with E-state index in [1.807, 2.05) is 42.2 Å². The number of amides is 3. The Morgan fingerprint density at radius 2 is 1.69 bits per heavy atom. The van der Waals surface area contributed by atoms with E-state index in [4.69, 9.17) is 4.74 Å². The molecule has 5 rings (SSSR count). The van der Waals surface area contributed by atoms with Gasteiger partial charge in [0.15, 0.2) is 0 Å². The van der Waals surface area contributed by atoms with Gasteiger partial charge in [-0.25, -0.2) is 13.6 Å². The summed E-state index contributed by atoms with van der Waals surface area (Å²) < 4.78 is 33.0. The van der Waals surface area contributed by atoms with E-state index < -0.39 is 5.92 Å². The highest BCUT2D eigenvalue weighted by Gasteiger charge is 2.57. The highest BCUT2D eigenvalue weighted by Crippen LogP contribution is 2.47. The minimum Gasteiger partial charge on any atom is -0.380 e. The SMILES string of the molecule is CCOCCN1CC2(CC3CCC(C2)N3CC[C@H](NC(=O)C2CCC(F)(F)CC2)c2ccccc2)N(C(C)C)C1=O.Cl. The van der Waals surface area contributed by atoms with Gasteiger partial charge in [0, 0.05) is 63.1 Å². The predicted molar refractivity (Wildman–Crippen MR) is 162 cm³/mol. The molecule has 1 spiro atoms. The normalized spacial score (nSPS) is 28.4. The van der Waals surface area contributed by atoms with Crippen molar-refractivity contribution in [1.29, 1.82) is 0 Å². The number of rotatable bonds is 11. The van der Waals surface area contributed by atoms with E-state index in [0.717, 1.165) is 50.8 Å². The van der Waals surface area contributed by atoms with Gasteiger partial charge in [-0.15, -0.1) is 12.4 Å². The molecule has 1 saturated carbocycles. The lowest BCUT2D eigenvalue weighted by atomic mass is 9.81. The molecule has 0 radical (unpaired) electrons. The molecule has 1 N–H and O–H groups in total. The number of nitrogens with zero attached hydrogens (tertiary/aromatic N) is 3. The molecule has 0 aromatic heterocycles. The summed E-state index contributed by atoms with van der Waals surface area (Å²) in [5.74, 6) is -3.09. The van der Waals surface area contributed by atoms with Crippen LogP contribution in [0.25, 0.3) is 0 Å². The van der Waals surface area contributed by atoms with E-state index >= 15 is 0 Å². The van der Waals surface area contributed by atoms with Crippen molar-refractivity contribution in [2.45, 2.75) is 114 Å². The first kappa shape index (κ1) is 32.9. The van der Waals surface area contributed by atoms with Gasteiger partial charge >= 0.3 is 6.03 Å². The Morgan fingerprint density at radius 3 is 2.29 bits per heavy atom. The van der Waals surface area contributed by atoms with E-state index in [1.165, 1.54) is 0 Å². The van der Waals surface area contributed by atoms with Gasteiger partial charge in [-0.05, 0) is 71.3 Å². The number of alkyl halides is 2. The minimum absolute atomic E-state index is 0. The summed E-state index contributed by atoms with van der Waals surface area (Å²) in [4.78, 5) is 33.4. The molecule has 3 amide bonds. The molecule has 1 aliphatic carbocycles. The third-order valence-electron chi connectivity index (χ3n) is 9.98. The average molecular weight is 611 g/mol. The lowest BCUT2D eigenvalue weighted by Crippen LogP contribution is -2.60. The Balaban J connectivity index is 0.00000405. The van der Waals surface area contributed by atoms with Crippen molar-refractivity contribution in [1.82, 2.24) is 20.0 Å². The number of hydrogen-bond donors (Lipinski definition) is 1. The quantitative estimate of drug-likeness (QED) is 0.311. The van der Waals surface area contributed by atoms with Crippen LogP contribution in [0.15, 0.2) is 30.3 Å². The number of benzene rings is 1. The average Bonchev–Trinajstić information content (AvgIpc) is 3.35. The van der Waals surface area contributed by atoms with Crippen LogP contribution < -0.4 is 5.32 Å². The van der Waals surface area contributed by atoms with Crippen LogP contribution in [0, 0.1) is 5.92 Å². The van der Waals surface area contributed by atoms with Gasteiger partial charge in [0.1, 0.15) is 0 Å². The number of hydrogen-bond acceptors (Lipinski definition) is 4. The largest absolute Gasteiger partial charge is 0.380 e. The van der Waals surface area contributed by atoms with Crippen LogP contribution in [0.4, 0.5) is 13.6 Å². The van der Waals surface area contributed by atoms with Crippen LogP contribution in [-0.2, 0) is 9.53 Å². The van der Waals surface area contributed by atoms with Crippen LogP contribution in [0.3, 0.4) is 0 Å². The van der Waals surface area contributed by atoms with Crippen molar-refractivity contribution in [2.24, 2.45) is 5.92 Å². The second-order valence-corrected chi connectivity index (χ2v) is 13.0. The van der Waals surface area contributed by atoms with E-state index in [9.17, 15) is 18.4 Å². The number of ether oxygens (including phenoxy) is 1. The number of nitrogens with one attached hydrogen (secondary N) is 1. The van der Waals surface area contributed by atoms with Gasteiger partial charge < -0.3 is 19.9 Å². The van der Waals surface area contributed by atoms with Crippen LogP contribution in [-0.4, -0.2) is 89.1 Å². The third kappa shape index (κ3) is 7.05. The molecular formula is C32H49ClF2N4O3. The number of carbonyl (C=O) groups is 2. The molecule has 4 fully saturated rings. The van der Waals surface area contributed by atoms with E-state index in [-0.39, 0.29) is 73.6 Å². The van der Waals surface area contributed by atoms with Gasteiger partial charge in [0.2, 0.25) is 11.8 Å². The number of fused-ring (bicyclic) bond motifs is 2. The highest BCUT2D eigenvalue weighted by atomic mass is 35.5. The molecule has 2 bridgehead atoms. The molecule has 3 saturated heterocycles. The van der Waals surface area contributed by atoms with Gasteiger partial charge in [0.05, 0.1) is 18.2 Å². The fourth-order valence-corrected chi connectivity index (χ4v) is 8.10. The van der Waals surface area contributed by atoms with Crippen molar-refractivity contribution in [2.75, 3.05) is 32.8 Å². The van der Waals surface area contributed by atoms with E-state index in [0.29, 0.717) is 31.8 Å². The van der Waals surface area contributed by atoms with Crippen LogP contribution in [0.5, 0.6) is 0 Å². The van der Waals surface area contributed by atoms with Crippen molar-refractivity contribution < 1.29 is 23.1 Å². The first-order valence-electron chi connectivity index (χ1n) is 15.8. The summed E-state index contributed by atoms with van der Waals surface area (Å²) in [7, 11) is 0. The Labute approximate surface area is 256 Å². The highest BCUT2D eigenvalue weighted by molar-refractivity contribution is 5.85. The molecule has 3 heterocycles. The maximum absolute atomic E-state index is 13.7. The summed E-state index contributed by atoms with van der Waals surface area (Å²) in [6.45, 7) is 9.71. The summed E-state index contributed by atoms with van der Waals surface area (Å²) in [5, 5.41) is 3.24. The monoisotopic (exact) mass is 610 g/mol. The van der Waals surface area contributed by atoms with Crippen LogP contribution >= 0.6 is 12.4 Å². The van der Waals surface area contributed by atoms with Gasteiger partial charge in [-0.3, -0.25) is 9.69 Å². The molecule has 3 atom stereocenters. The molecule has 4 aliphatic rings.